The number of carbonyl (C=O) groups excluding carboxylic acids is 1. The van der Waals surface area contributed by atoms with Crippen molar-refractivity contribution in [3.05, 3.63) is 30.1 Å². The van der Waals surface area contributed by atoms with Gasteiger partial charge >= 0.3 is 6.09 Å². The average Bonchev–Trinajstić information content (AvgIpc) is 2.19. The minimum absolute atomic E-state index is 0.134. The predicted octanol–water partition coefficient (Wildman–Crippen LogP) is 1.26. The van der Waals surface area contributed by atoms with Gasteiger partial charge in [0.1, 0.15) is 11.6 Å². The molecule has 15 heavy (non-hydrogen) atoms. The van der Waals surface area contributed by atoms with Gasteiger partial charge in [-0.15, -0.1) is 0 Å². The molecule has 0 aliphatic heterocycles. The quantitative estimate of drug-likeness (QED) is 0.792. The zero-order valence-electron chi connectivity index (χ0n) is 8.37. The molecule has 0 aliphatic rings. The van der Waals surface area contributed by atoms with Crippen molar-refractivity contribution in [2.75, 3.05) is 6.54 Å². The van der Waals surface area contributed by atoms with Crippen molar-refractivity contribution in [2.45, 2.75) is 13.0 Å². The molecule has 0 spiro atoms. The van der Waals surface area contributed by atoms with Crippen molar-refractivity contribution < 1.29 is 13.9 Å². The van der Waals surface area contributed by atoms with Gasteiger partial charge in [0.05, 0.1) is 0 Å². The standard InChI is InChI=1S/C10H13FN2O2/c1-7(12)6-13-10(14)15-9-4-2-8(11)3-5-9/h2-5,7H,6,12H2,1H3,(H,13,14). The first-order chi connectivity index (χ1) is 7.08. The number of halogens is 1. The molecule has 0 aliphatic carbocycles. The lowest BCUT2D eigenvalue weighted by Crippen LogP contribution is -2.36. The molecule has 0 heterocycles. The van der Waals surface area contributed by atoms with Crippen LogP contribution in [0.4, 0.5) is 9.18 Å². The minimum Gasteiger partial charge on any atom is -0.410 e. The van der Waals surface area contributed by atoms with Crippen LogP contribution in [-0.2, 0) is 0 Å². The lowest BCUT2D eigenvalue weighted by atomic mass is 10.3. The van der Waals surface area contributed by atoms with Crippen LogP contribution in [0.1, 0.15) is 6.92 Å². The van der Waals surface area contributed by atoms with Gasteiger partial charge in [-0.1, -0.05) is 0 Å². The largest absolute Gasteiger partial charge is 0.412 e. The SMILES string of the molecule is CC(N)CNC(=O)Oc1ccc(F)cc1. The summed E-state index contributed by atoms with van der Waals surface area (Å²) in [5, 5.41) is 2.47. The first-order valence-electron chi connectivity index (χ1n) is 4.55. The summed E-state index contributed by atoms with van der Waals surface area (Å²) in [6.45, 7) is 2.10. The summed E-state index contributed by atoms with van der Waals surface area (Å²) < 4.78 is 17.4. The minimum atomic E-state index is -0.598. The van der Waals surface area contributed by atoms with Crippen LogP contribution < -0.4 is 15.8 Å². The van der Waals surface area contributed by atoms with E-state index >= 15 is 0 Å². The highest BCUT2D eigenvalue weighted by atomic mass is 19.1. The summed E-state index contributed by atoms with van der Waals surface area (Å²) in [7, 11) is 0. The van der Waals surface area contributed by atoms with E-state index in [4.69, 9.17) is 10.5 Å². The topological polar surface area (TPSA) is 64.3 Å². The van der Waals surface area contributed by atoms with Crippen LogP contribution in [0.3, 0.4) is 0 Å². The smallest absolute Gasteiger partial charge is 0.410 e. The Labute approximate surface area is 87.2 Å². The van der Waals surface area contributed by atoms with Crippen molar-refractivity contribution in [3.8, 4) is 5.75 Å². The molecule has 0 fully saturated rings. The molecule has 0 radical (unpaired) electrons. The Morgan fingerprint density at radius 3 is 2.67 bits per heavy atom. The summed E-state index contributed by atoms with van der Waals surface area (Å²) >= 11 is 0. The van der Waals surface area contributed by atoms with Crippen LogP contribution in [0.25, 0.3) is 0 Å². The summed E-state index contributed by atoms with van der Waals surface area (Å²) in [6, 6.07) is 5.05. The van der Waals surface area contributed by atoms with Crippen molar-refractivity contribution in [2.24, 2.45) is 5.73 Å². The number of nitrogens with one attached hydrogen (secondary N) is 1. The molecule has 0 saturated heterocycles. The Kier molecular flexibility index (Phi) is 4.05. The van der Waals surface area contributed by atoms with E-state index < -0.39 is 6.09 Å². The molecule has 1 amide bonds. The van der Waals surface area contributed by atoms with Gasteiger partial charge in [-0.25, -0.2) is 9.18 Å². The Morgan fingerprint density at radius 1 is 1.53 bits per heavy atom. The average molecular weight is 212 g/mol. The highest BCUT2D eigenvalue weighted by Gasteiger charge is 2.04. The second-order valence-electron chi connectivity index (χ2n) is 3.20. The fourth-order valence-corrected chi connectivity index (χ4v) is 0.890. The van der Waals surface area contributed by atoms with Gasteiger partial charge in [0.25, 0.3) is 0 Å². The first-order valence-corrected chi connectivity index (χ1v) is 4.55. The van der Waals surface area contributed by atoms with Gasteiger partial charge in [-0.2, -0.15) is 0 Å². The number of carbonyl (C=O) groups is 1. The van der Waals surface area contributed by atoms with E-state index in [1.807, 2.05) is 0 Å². The third-order valence-electron chi connectivity index (χ3n) is 1.59. The van der Waals surface area contributed by atoms with E-state index in [0.717, 1.165) is 0 Å². The normalized spacial score (nSPS) is 11.9. The fraction of sp³-hybridized carbons (Fsp3) is 0.300. The molecule has 1 rings (SSSR count). The predicted molar refractivity (Wildman–Crippen MR) is 54.1 cm³/mol. The van der Waals surface area contributed by atoms with Crippen molar-refractivity contribution in [1.82, 2.24) is 5.32 Å². The van der Waals surface area contributed by atoms with E-state index in [0.29, 0.717) is 12.3 Å². The Morgan fingerprint density at radius 2 is 2.13 bits per heavy atom. The van der Waals surface area contributed by atoms with Crippen molar-refractivity contribution in [1.29, 1.82) is 0 Å². The van der Waals surface area contributed by atoms with Crippen molar-refractivity contribution in [3.63, 3.8) is 0 Å². The number of hydrogen-bond donors (Lipinski definition) is 2. The zero-order chi connectivity index (χ0) is 11.3. The van der Waals surface area contributed by atoms with Gasteiger partial charge in [0.15, 0.2) is 0 Å². The molecule has 0 saturated carbocycles. The molecular weight excluding hydrogens is 199 g/mol. The van der Waals surface area contributed by atoms with Crippen LogP contribution in [-0.4, -0.2) is 18.7 Å². The van der Waals surface area contributed by atoms with Gasteiger partial charge in [-0.3, -0.25) is 0 Å². The maximum Gasteiger partial charge on any atom is 0.412 e. The number of nitrogens with two attached hydrogens (primary N) is 1. The summed E-state index contributed by atoms with van der Waals surface area (Å²) in [4.78, 5) is 11.1. The van der Waals surface area contributed by atoms with Crippen molar-refractivity contribution >= 4 is 6.09 Å². The van der Waals surface area contributed by atoms with Crippen LogP contribution in [0.2, 0.25) is 0 Å². The molecular formula is C10H13FN2O2. The van der Waals surface area contributed by atoms with Crippen LogP contribution >= 0.6 is 0 Å². The van der Waals surface area contributed by atoms with E-state index in [1.165, 1.54) is 24.3 Å². The van der Waals surface area contributed by atoms with E-state index in [9.17, 15) is 9.18 Å². The first kappa shape index (κ1) is 11.5. The second-order valence-corrected chi connectivity index (χ2v) is 3.20. The Hall–Kier alpha value is -1.62. The maximum atomic E-state index is 12.5. The van der Waals surface area contributed by atoms with Crippen LogP contribution in [0.5, 0.6) is 5.75 Å². The highest BCUT2D eigenvalue weighted by molar-refractivity contribution is 5.70. The van der Waals surface area contributed by atoms with Gasteiger partial charge in [0, 0.05) is 12.6 Å². The monoisotopic (exact) mass is 212 g/mol. The summed E-state index contributed by atoms with van der Waals surface area (Å²) in [5.41, 5.74) is 5.43. The Bertz CT molecular complexity index is 325. The number of amides is 1. The molecule has 1 atom stereocenters. The second kappa shape index (κ2) is 5.31. The molecule has 5 heteroatoms. The summed E-state index contributed by atoms with van der Waals surface area (Å²) in [5.74, 6) is -0.0862. The molecule has 0 bridgehead atoms. The Balaban J connectivity index is 2.41. The number of benzene rings is 1. The third kappa shape index (κ3) is 4.42. The molecule has 4 nitrogen and oxygen atoms in total. The third-order valence-corrected chi connectivity index (χ3v) is 1.59. The van der Waals surface area contributed by atoms with Crippen LogP contribution in [0, 0.1) is 5.82 Å². The van der Waals surface area contributed by atoms with E-state index in [1.54, 1.807) is 6.92 Å². The lowest BCUT2D eigenvalue weighted by Gasteiger charge is -2.08. The summed E-state index contributed by atoms with van der Waals surface area (Å²) in [6.07, 6.45) is -0.598. The maximum absolute atomic E-state index is 12.5. The lowest BCUT2D eigenvalue weighted by molar-refractivity contribution is 0.200. The van der Waals surface area contributed by atoms with Gasteiger partial charge in [0.2, 0.25) is 0 Å². The zero-order valence-corrected chi connectivity index (χ0v) is 8.37. The molecule has 82 valence electrons. The fourth-order valence-electron chi connectivity index (χ4n) is 0.890. The molecule has 1 unspecified atom stereocenters. The number of hydrogen-bond acceptors (Lipinski definition) is 3. The molecule has 1 aromatic carbocycles. The van der Waals surface area contributed by atoms with E-state index in [-0.39, 0.29) is 11.9 Å². The molecule has 1 aromatic rings. The number of rotatable bonds is 3. The van der Waals surface area contributed by atoms with E-state index in [2.05, 4.69) is 5.32 Å². The molecule has 3 N–H and O–H groups in total. The molecule has 0 aromatic heterocycles. The highest BCUT2D eigenvalue weighted by Crippen LogP contribution is 2.10. The number of ether oxygens (including phenoxy) is 1. The van der Waals surface area contributed by atoms with Gasteiger partial charge in [-0.05, 0) is 31.2 Å². The van der Waals surface area contributed by atoms with Crippen LogP contribution in [0.15, 0.2) is 24.3 Å². The van der Waals surface area contributed by atoms with Gasteiger partial charge < -0.3 is 15.8 Å².